The summed E-state index contributed by atoms with van der Waals surface area (Å²) in [5.41, 5.74) is 1.02. The third-order valence-electron chi connectivity index (χ3n) is 4.02. The Hall–Kier alpha value is -1.39. The van der Waals surface area contributed by atoms with Crippen molar-refractivity contribution in [2.24, 2.45) is 5.41 Å². The molecule has 0 saturated heterocycles. The predicted molar refractivity (Wildman–Crippen MR) is 77.2 cm³/mol. The number of hydrogen-bond donors (Lipinski definition) is 2. The van der Waals surface area contributed by atoms with Gasteiger partial charge < -0.3 is 15.2 Å². The maximum absolute atomic E-state index is 11.9. The lowest BCUT2D eigenvalue weighted by Crippen LogP contribution is -2.31. The van der Waals surface area contributed by atoms with Crippen LogP contribution in [0.3, 0.4) is 0 Å². The van der Waals surface area contributed by atoms with Gasteiger partial charge in [-0.1, -0.05) is 30.3 Å². The zero-order valence-corrected chi connectivity index (χ0v) is 12.0. The number of aliphatic hydroxyl groups is 1. The molecule has 4 nitrogen and oxygen atoms in total. The van der Waals surface area contributed by atoms with E-state index in [-0.39, 0.29) is 17.7 Å². The molecule has 1 aromatic rings. The van der Waals surface area contributed by atoms with Crippen LogP contribution in [-0.2, 0) is 9.53 Å². The molecule has 1 saturated carbocycles. The fourth-order valence-corrected chi connectivity index (χ4v) is 2.34. The Morgan fingerprint density at radius 1 is 1.40 bits per heavy atom. The highest BCUT2D eigenvalue weighted by atomic mass is 16.5. The summed E-state index contributed by atoms with van der Waals surface area (Å²) in [6.45, 7) is 1.43. The zero-order valence-electron chi connectivity index (χ0n) is 12.0. The smallest absolute Gasteiger partial charge is 0.222 e. The molecule has 1 aliphatic carbocycles. The van der Waals surface area contributed by atoms with E-state index in [2.05, 4.69) is 5.32 Å². The van der Waals surface area contributed by atoms with Gasteiger partial charge in [0.05, 0.1) is 12.5 Å². The summed E-state index contributed by atoms with van der Waals surface area (Å²) in [6.07, 6.45) is 2.68. The standard InChI is InChI=1S/C16H23NO3/c1-20-10-9-16(7-8-16)12-17-15(19)11-14(18)13-5-3-2-4-6-13/h2-6,14,18H,7-12H2,1H3,(H,17,19). The van der Waals surface area contributed by atoms with Crippen molar-refractivity contribution in [3.05, 3.63) is 35.9 Å². The number of aliphatic hydroxyl groups excluding tert-OH is 1. The molecule has 1 aliphatic rings. The lowest BCUT2D eigenvalue weighted by molar-refractivity contribution is -0.123. The molecule has 0 bridgehead atoms. The Bertz CT molecular complexity index is 429. The summed E-state index contributed by atoms with van der Waals surface area (Å²) < 4.78 is 5.09. The minimum absolute atomic E-state index is 0.0926. The van der Waals surface area contributed by atoms with Crippen LogP contribution in [0.2, 0.25) is 0 Å². The van der Waals surface area contributed by atoms with Crippen LogP contribution in [0.5, 0.6) is 0 Å². The first-order chi connectivity index (χ1) is 9.65. The van der Waals surface area contributed by atoms with E-state index < -0.39 is 6.10 Å². The fraction of sp³-hybridized carbons (Fsp3) is 0.562. The van der Waals surface area contributed by atoms with Crippen molar-refractivity contribution in [3.8, 4) is 0 Å². The van der Waals surface area contributed by atoms with Crippen LogP contribution in [-0.4, -0.2) is 31.3 Å². The topological polar surface area (TPSA) is 58.6 Å². The normalized spacial score (nSPS) is 17.5. The summed E-state index contributed by atoms with van der Waals surface area (Å²) >= 11 is 0. The Morgan fingerprint density at radius 3 is 2.70 bits per heavy atom. The number of carbonyl (C=O) groups excluding carboxylic acids is 1. The molecule has 1 unspecified atom stereocenters. The van der Waals surface area contributed by atoms with Crippen LogP contribution in [0, 0.1) is 5.41 Å². The SMILES string of the molecule is COCCC1(CNC(=O)CC(O)c2ccccc2)CC1. The van der Waals surface area contributed by atoms with Crippen molar-refractivity contribution < 1.29 is 14.6 Å². The van der Waals surface area contributed by atoms with Crippen molar-refractivity contribution in [3.63, 3.8) is 0 Å². The third-order valence-corrected chi connectivity index (χ3v) is 4.02. The highest BCUT2D eigenvalue weighted by Crippen LogP contribution is 2.48. The molecule has 1 amide bonds. The molecule has 0 aromatic heterocycles. The van der Waals surface area contributed by atoms with E-state index in [4.69, 9.17) is 4.74 Å². The van der Waals surface area contributed by atoms with Gasteiger partial charge in [-0.15, -0.1) is 0 Å². The van der Waals surface area contributed by atoms with E-state index in [0.29, 0.717) is 6.54 Å². The molecule has 20 heavy (non-hydrogen) atoms. The van der Waals surface area contributed by atoms with Crippen molar-refractivity contribution in [1.29, 1.82) is 0 Å². The van der Waals surface area contributed by atoms with Crippen molar-refractivity contribution in [1.82, 2.24) is 5.32 Å². The average molecular weight is 277 g/mol. The van der Waals surface area contributed by atoms with Gasteiger partial charge in [-0.2, -0.15) is 0 Å². The van der Waals surface area contributed by atoms with Gasteiger partial charge in [-0.25, -0.2) is 0 Å². The second-order valence-corrected chi connectivity index (χ2v) is 5.65. The zero-order chi connectivity index (χ0) is 14.4. The number of ether oxygens (including phenoxy) is 1. The van der Waals surface area contributed by atoms with Crippen LogP contribution in [0.1, 0.15) is 37.4 Å². The number of nitrogens with one attached hydrogen (secondary N) is 1. The largest absolute Gasteiger partial charge is 0.388 e. The number of carbonyl (C=O) groups is 1. The maximum Gasteiger partial charge on any atom is 0.222 e. The highest BCUT2D eigenvalue weighted by molar-refractivity contribution is 5.76. The molecule has 4 heteroatoms. The van der Waals surface area contributed by atoms with Gasteiger partial charge in [0.2, 0.25) is 5.91 Å². The van der Waals surface area contributed by atoms with Crippen LogP contribution in [0.25, 0.3) is 0 Å². The molecular weight excluding hydrogens is 254 g/mol. The van der Waals surface area contributed by atoms with E-state index in [1.807, 2.05) is 30.3 Å². The third kappa shape index (κ3) is 4.32. The molecule has 0 spiro atoms. The van der Waals surface area contributed by atoms with Gasteiger partial charge >= 0.3 is 0 Å². The van der Waals surface area contributed by atoms with Crippen LogP contribution >= 0.6 is 0 Å². The quantitative estimate of drug-likeness (QED) is 0.764. The van der Waals surface area contributed by atoms with Crippen molar-refractivity contribution >= 4 is 5.91 Å². The lowest BCUT2D eigenvalue weighted by atomic mass is 10.0. The van der Waals surface area contributed by atoms with Crippen LogP contribution in [0.15, 0.2) is 30.3 Å². The van der Waals surface area contributed by atoms with E-state index in [1.54, 1.807) is 7.11 Å². The summed E-state index contributed by atoms with van der Waals surface area (Å²) in [7, 11) is 1.70. The first-order valence-corrected chi connectivity index (χ1v) is 7.14. The molecule has 0 radical (unpaired) electrons. The predicted octanol–water partition coefficient (Wildman–Crippen LogP) is 2.04. The van der Waals surface area contributed by atoms with Gasteiger partial charge in [-0.05, 0) is 30.2 Å². The van der Waals surface area contributed by atoms with E-state index in [1.165, 1.54) is 0 Å². The van der Waals surface area contributed by atoms with Gasteiger partial charge in [-0.3, -0.25) is 4.79 Å². The minimum Gasteiger partial charge on any atom is -0.388 e. The molecule has 1 aromatic carbocycles. The second-order valence-electron chi connectivity index (χ2n) is 5.65. The number of amides is 1. The first kappa shape index (κ1) is 15.0. The molecular formula is C16H23NO3. The van der Waals surface area contributed by atoms with Gasteiger partial charge in [0.25, 0.3) is 0 Å². The van der Waals surface area contributed by atoms with E-state index in [9.17, 15) is 9.90 Å². The average Bonchev–Trinajstić information content (AvgIpc) is 3.24. The second kappa shape index (κ2) is 6.86. The summed E-state index contributed by atoms with van der Waals surface area (Å²) in [5, 5.41) is 12.9. The summed E-state index contributed by atoms with van der Waals surface area (Å²) in [5.74, 6) is -0.0926. The van der Waals surface area contributed by atoms with Crippen LogP contribution in [0.4, 0.5) is 0 Å². The fourth-order valence-electron chi connectivity index (χ4n) is 2.34. The first-order valence-electron chi connectivity index (χ1n) is 7.14. The van der Waals surface area contributed by atoms with Gasteiger partial charge in [0.1, 0.15) is 0 Å². The number of methoxy groups -OCH3 is 1. The highest BCUT2D eigenvalue weighted by Gasteiger charge is 2.42. The summed E-state index contributed by atoms with van der Waals surface area (Å²) in [4.78, 5) is 11.9. The number of hydrogen-bond acceptors (Lipinski definition) is 3. The lowest BCUT2D eigenvalue weighted by Gasteiger charge is -2.16. The molecule has 1 atom stereocenters. The molecule has 1 fully saturated rings. The molecule has 2 rings (SSSR count). The van der Waals surface area contributed by atoms with Crippen molar-refractivity contribution in [2.45, 2.75) is 31.8 Å². The maximum atomic E-state index is 11.9. The molecule has 110 valence electrons. The number of benzene rings is 1. The monoisotopic (exact) mass is 277 g/mol. The van der Waals surface area contributed by atoms with E-state index in [0.717, 1.165) is 31.4 Å². The van der Waals surface area contributed by atoms with Crippen LogP contribution < -0.4 is 5.32 Å². The minimum atomic E-state index is -0.731. The Balaban J connectivity index is 1.73. The Labute approximate surface area is 120 Å². The van der Waals surface area contributed by atoms with Crippen molar-refractivity contribution in [2.75, 3.05) is 20.3 Å². The molecule has 0 heterocycles. The molecule has 2 N–H and O–H groups in total. The Kier molecular flexibility index (Phi) is 5.15. The van der Waals surface area contributed by atoms with Gasteiger partial charge in [0, 0.05) is 20.3 Å². The van der Waals surface area contributed by atoms with Gasteiger partial charge in [0.15, 0.2) is 0 Å². The Morgan fingerprint density at radius 2 is 2.10 bits per heavy atom. The summed E-state index contributed by atoms with van der Waals surface area (Å²) in [6, 6.07) is 9.28. The molecule has 0 aliphatic heterocycles. The number of rotatable bonds is 8. The van der Waals surface area contributed by atoms with E-state index >= 15 is 0 Å².